The Labute approximate surface area is 100 Å². The highest BCUT2D eigenvalue weighted by Gasteiger charge is 2.09. The smallest absolute Gasteiger partial charge is 0.135 e. The second-order valence-electron chi connectivity index (χ2n) is 3.98. The molecule has 2 rings (SSSR count). The summed E-state index contributed by atoms with van der Waals surface area (Å²) in [6, 6.07) is 14.8. The highest BCUT2D eigenvalue weighted by Crippen LogP contribution is 2.25. The first kappa shape index (κ1) is 11.3. The van der Waals surface area contributed by atoms with Crippen molar-refractivity contribution in [3.63, 3.8) is 0 Å². The number of hydrogen-bond acceptors (Lipinski definition) is 1. The summed E-state index contributed by atoms with van der Waals surface area (Å²) in [5.74, 6) is -0.292. The summed E-state index contributed by atoms with van der Waals surface area (Å²) in [6.45, 7) is 1.97. The first-order valence-electron chi connectivity index (χ1n) is 5.44. The van der Waals surface area contributed by atoms with Gasteiger partial charge in [-0.25, -0.2) is 4.39 Å². The Morgan fingerprint density at radius 3 is 2.65 bits per heavy atom. The second-order valence-corrected chi connectivity index (χ2v) is 3.98. The molecule has 84 valence electrons. The lowest BCUT2D eigenvalue weighted by Crippen LogP contribution is -1.92. The van der Waals surface area contributed by atoms with Gasteiger partial charge in [-0.1, -0.05) is 48.0 Å². The summed E-state index contributed by atoms with van der Waals surface area (Å²) in [5.41, 5.74) is 2.95. The molecule has 0 aliphatic heterocycles. The Morgan fingerprint density at radius 2 is 1.94 bits per heavy atom. The van der Waals surface area contributed by atoms with E-state index in [0.29, 0.717) is 11.1 Å². The molecule has 0 fully saturated rings. The van der Waals surface area contributed by atoms with Crippen LogP contribution in [0.25, 0.3) is 11.1 Å². The van der Waals surface area contributed by atoms with E-state index in [9.17, 15) is 4.39 Å². The summed E-state index contributed by atoms with van der Waals surface area (Å²) in [6.07, 6.45) is 0.103. The lowest BCUT2D eigenvalue weighted by atomic mass is 9.99. The fraction of sp³-hybridized carbons (Fsp3) is 0.133. The highest BCUT2D eigenvalue weighted by atomic mass is 19.1. The van der Waals surface area contributed by atoms with E-state index < -0.39 is 0 Å². The van der Waals surface area contributed by atoms with E-state index in [1.807, 2.05) is 37.3 Å². The van der Waals surface area contributed by atoms with Gasteiger partial charge in [0, 0.05) is 11.1 Å². The van der Waals surface area contributed by atoms with Gasteiger partial charge in [0.1, 0.15) is 5.82 Å². The molecule has 0 saturated carbocycles. The number of nitriles is 1. The van der Waals surface area contributed by atoms with E-state index in [2.05, 4.69) is 0 Å². The van der Waals surface area contributed by atoms with E-state index in [1.165, 1.54) is 0 Å². The van der Waals surface area contributed by atoms with Crippen molar-refractivity contribution in [2.24, 2.45) is 0 Å². The third-order valence-corrected chi connectivity index (χ3v) is 2.68. The van der Waals surface area contributed by atoms with Gasteiger partial charge in [-0.2, -0.15) is 5.26 Å². The fourth-order valence-electron chi connectivity index (χ4n) is 1.84. The van der Waals surface area contributed by atoms with Gasteiger partial charge in [0.05, 0.1) is 12.5 Å². The zero-order valence-electron chi connectivity index (χ0n) is 9.57. The van der Waals surface area contributed by atoms with Gasteiger partial charge in [-0.05, 0) is 12.5 Å². The van der Waals surface area contributed by atoms with Crippen LogP contribution in [0.5, 0.6) is 0 Å². The topological polar surface area (TPSA) is 23.8 Å². The van der Waals surface area contributed by atoms with Crippen LogP contribution in [0.3, 0.4) is 0 Å². The summed E-state index contributed by atoms with van der Waals surface area (Å²) in [4.78, 5) is 0. The fourth-order valence-corrected chi connectivity index (χ4v) is 1.84. The monoisotopic (exact) mass is 225 g/mol. The zero-order chi connectivity index (χ0) is 12.3. The van der Waals surface area contributed by atoms with Crippen LogP contribution >= 0.6 is 0 Å². The van der Waals surface area contributed by atoms with Crippen molar-refractivity contribution in [2.75, 3.05) is 0 Å². The van der Waals surface area contributed by atoms with Gasteiger partial charge in [-0.15, -0.1) is 0 Å². The average Bonchev–Trinajstić information content (AvgIpc) is 2.32. The van der Waals surface area contributed by atoms with E-state index in [1.54, 1.807) is 18.2 Å². The number of halogens is 1. The molecule has 17 heavy (non-hydrogen) atoms. The van der Waals surface area contributed by atoms with E-state index in [-0.39, 0.29) is 12.2 Å². The molecule has 0 unspecified atom stereocenters. The predicted molar refractivity (Wildman–Crippen MR) is 65.9 cm³/mol. The van der Waals surface area contributed by atoms with Crippen molar-refractivity contribution in [3.8, 4) is 17.2 Å². The molecule has 1 nitrogen and oxygen atoms in total. The lowest BCUT2D eigenvalue weighted by Gasteiger charge is -2.07. The molecule has 0 spiro atoms. The second kappa shape index (κ2) is 4.80. The number of aryl methyl sites for hydroxylation is 1. The van der Waals surface area contributed by atoms with E-state index in [0.717, 1.165) is 11.1 Å². The van der Waals surface area contributed by atoms with Crippen LogP contribution in [0.2, 0.25) is 0 Å². The maximum absolute atomic E-state index is 14.1. The Balaban J connectivity index is 2.53. The number of nitrogens with zero attached hydrogens (tertiary/aromatic N) is 1. The number of hydrogen-bond donors (Lipinski definition) is 0. The Bertz CT molecular complexity index is 582. The van der Waals surface area contributed by atoms with Crippen LogP contribution in [-0.2, 0) is 6.42 Å². The molecular formula is C15H12FN. The minimum Gasteiger partial charge on any atom is -0.206 e. The van der Waals surface area contributed by atoms with Gasteiger partial charge in [0.25, 0.3) is 0 Å². The van der Waals surface area contributed by atoms with Crippen molar-refractivity contribution in [1.82, 2.24) is 0 Å². The molecule has 0 saturated heterocycles. The van der Waals surface area contributed by atoms with Crippen molar-refractivity contribution < 1.29 is 4.39 Å². The molecule has 0 bridgehead atoms. The van der Waals surface area contributed by atoms with Crippen molar-refractivity contribution in [2.45, 2.75) is 13.3 Å². The van der Waals surface area contributed by atoms with E-state index >= 15 is 0 Å². The van der Waals surface area contributed by atoms with Gasteiger partial charge in [0.15, 0.2) is 0 Å². The maximum Gasteiger partial charge on any atom is 0.135 e. The Morgan fingerprint density at radius 1 is 1.18 bits per heavy atom. The summed E-state index contributed by atoms with van der Waals surface area (Å²) < 4.78 is 14.1. The van der Waals surface area contributed by atoms with Crippen LogP contribution in [0.1, 0.15) is 11.1 Å². The third-order valence-electron chi connectivity index (χ3n) is 2.68. The molecule has 2 heteroatoms. The summed E-state index contributed by atoms with van der Waals surface area (Å²) in [5, 5.41) is 8.63. The normalized spacial score (nSPS) is 9.94. The first-order chi connectivity index (χ1) is 8.22. The zero-order valence-corrected chi connectivity index (χ0v) is 9.57. The maximum atomic E-state index is 14.1. The van der Waals surface area contributed by atoms with Crippen LogP contribution in [0.15, 0.2) is 42.5 Å². The minimum absolute atomic E-state index is 0.103. The molecule has 0 aromatic heterocycles. The van der Waals surface area contributed by atoms with Gasteiger partial charge in [0.2, 0.25) is 0 Å². The Hall–Kier alpha value is -2.14. The predicted octanol–water partition coefficient (Wildman–Crippen LogP) is 3.87. The Kier molecular flexibility index (Phi) is 3.20. The minimum atomic E-state index is -0.292. The molecule has 0 atom stereocenters. The largest absolute Gasteiger partial charge is 0.206 e. The third kappa shape index (κ3) is 2.34. The quantitative estimate of drug-likeness (QED) is 0.761. The molecule has 0 amide bonds. The summed E-state index contributed by atoms with van der Waals surface area (Å²) in [7, 11) is 0. The van der Waals surface area contributed by atoms with Crippen molar-refractivity contribution in [1.29, 1.82) is 5.26 Å². The summed E-state index contributed by atoms with van der Waals surface area (Å²) >= 11 is 0. The van der Waals surface area contributed by atoms with Crippen molar-refractivity contribution >= 4 is 0 Å². The average molecular weight is 225 g/mol. The van der Waals surface area contributed by atoms with Crippen LogP contribution < -0.4 is 0 Å². The molecule has 0 heterocycles. The number of rotatable bonds is 2. The SMILES string of the molecule is Cc1cccc(-c2cccc(CC#N)c2F)c1. The molecule has 2 aromatic carbocycles. The molecule has 0 N–H and O–H groups in total. The number of benzene rings is 2. The lowest BCUT2D eigenvalue weighted by molar-refractivity contribution is 0.619. The molecule has 0 aliphatic carbocycles. The molecule has 0 aliphatic rings. The molecule has 2 aromatic rings. The molecule has 0 radical (unpaired) electrons. The van der Waals surface area contributed by atoms with Crippen LogP contribution in [0, 0.1) is 24.1 Å². The van der Waals surface area contributed by atoms with Crippen LogP contribution in [-0.4, -0.2) is 0 Å². The highest BCUT2D eigenvalue weighted by molar-refractivity contribution is 5.65. The van der Waals surface area contributed by atoms with Gasteiger partial charge < -0.3 is 0 Å². The van der Waals surface area contributed by atoms with Crippen molar-refractivity contribution in [3.05, 3.63) is 59.4 Å². The van der Waals surface area contributed by atoms with Crippen LogP contribution in [0.4, 0.5) is 4.39 Å². The standard InChI is InChI=1S/C15H12FN/c1-11-4-2-6-13(10-11)14-7-3-5-12(8-9-17)15(14)16/h2-7,10H,8H2,1H3. The van der Waals surface area contributed by atoms with Gasteiger partial charge in [-0.3, -0.25) is 0 Å². The molecular weight excluding hydrogens is 213 g/mol. The van der Waals surface area contributed by atoms with Gasteiger partial charge >= 0.3 is 0 Å². The van der Waals surface area contributed by atoms with E-state index in [4.69, 9.17) is 5.26 Å². The first-order valence-corrected chi connectivity index (χ1v) is 5.44.